The smallest absolute Gasteiger partial charge is 0.195 e. The number of rotatable bonds is 3. The first-order valence-corrected chi connectivity index (χ1v) is 6.16. The van der Waals surface area contributed by atoms with Crippen LogP contribution in [0.1, 0.15) is 31.9 Å². The van der Waals surface area contributed by atoms with Crippen LogP contribution in [-0.2, 0) is 4.79 Å². The summed E-state index contributed by atoms with van der Waals surface area (Å²) in [6.07, 6.45) is 5.51. The van der Waals surface area contributed by atoms with Gasteiger partial charge in [0, 0.05) is 5.57 Å². The summed E-state index contributed by atoms with van der Waals surface area (Å²) in [5.74, 6) is -0.229. The number of Topliss-reactive ketones (excluding diaryl/α,β-unsaturated/α-hetero) is 1. The van der Waals surface area contributed by atoms with Gasteiger partial charge in [-0.25, -0.2) is 0 Å². The van der Waals surface area contributed by atoms with Gasteiger partial charge in [0.1, 0.15) is 6.10 Å². The van der Waals surface area contributed by atoms with Gasteiger partial charge in [-0.3, -0.25) is 4.79 Å². The summed E-state index contributed by atoms with van der Waals surface area (Å²) in [5, 5.41) is 10.0. The maximum absolute atomic E-state index is 12.1. The highest BCUT2D eigenvalue weighted by atomic mass is 16.3. The number of aliphatic hydroxyl groups excluding tert-OH is 1. The van der Waals surface area contributed by atoms with Crippen molar-refractivity contribution in [1.82, 2.24) is 0 Å². The number of carbonyl (C=O) groups is 1. The minimum Gasteiger partial charge on any atom is -0.380 e. The first-order valence-electron chi connectivity index (χ1n) is 6.16. The van der Waals surface area contributed by atoms with Crippen molar-refractivity contribution in [2.24, 2.45) is 5.41 Å². The lowest BCUT2D eigenvalue weighted by Crippen LogP contribution is -2.17. The predicted molar refractivity (Wildman–Crippen MR) is 72.0 cm³/mol. The molecule has 0 radical (unpaired) electrons. The molecule has 0 amide bonds. The zero-order chi connectivity index (χ0) is 13.2. The van der Waals surface area contributed by atoms with Gasteiger partial charge in [0.15, 0.2) is 5.78 Å². The topological polar surface area (TPSA) is 37.3 Å². The van der Waals surface area contributed by atoms with E-state index in [1.165, 1.54) is 0 Å². The Morgan fingerprint density at radius 2 is 1.94 bits per heavy atom. The molecule has 1 unspecified atom stereocenters. The Hall–Kier alpha value is -1.67. The van der Waals surface area contributed by atoms with Crippen LogP contribution in [0.15, 0.2) is 54.1 Å². The van der Waals surface area contributed by atoms with Crippen LogP contribution in [0.5, 0.6) is 0 Å². The molecule has 1 aromatic rings. The number of aliphatic hydroxyl groups is 1. The Morgan fingerprint density at radius 3 is 2.50 bits per heavy atom. The second kappa shape index (κ2) is 4.91. The van der Waals surface area contributed by atoms with Gasteiger partial charge in [0.25, 0.3) is 0 Å². The molecule has 0 fully saturated rings. The van der Waals surface area contributed by atoms with Crippen molar-refractivity contribution in [2.45, 2.75) is 26.4 Å². The zero-order valence-corrected chi connectivity index (χ0v) is 10.8. The van der Waals surface area contributed by atoms with Gasteiger partial charge in [-0.15, -0.1) is 0 Å². The van der Waals surface area contributed by atoms with Crippen molar-refractivity contribution in [2.75, 3.05) is 0 Å². The van der Waals surface area contributed by atoms with Crippen LogP contribution in [0.25, 0.3) is 0 Å². The van der Waals surface area contributed by atoms with Crippen LogP contribution in [0, 0.1) is 5.41 Å². The predicted octanol–water partition coefficient (Wildman–Crippen LogP) is 3.20. The molecule has 1 atom stereocenters. The van der Waals surface area contributed by atoms with Crippen molar-refractivity contribution < 1.29 is 9.90 Å². The average molecular weight is 242 g/mol. The Labute approximate surface area is 108 Å². The quantitative estimate of drug-likeness (QED) is 0.883. The molecule has 0 heterocycles. The molecule has 94 valence electrons. The van der Waals surface area contributed by atoms with Gasteiger partial charge < -0.3 is 5.11 Å². The molecule has 1 aliphatic carbocycles. The van der Waals surface area contributed by atoms with Crippen molar-refractivity contribution in [3.8, 4) is 0 Å². The maximum Gasteiger partial charge on any atom is 0.195 e. The first-order chi connectivity index (χ1) is 8.49. The van der Waals surface area contributed by atoms with Crippen LogP contribution in [0.3, 0.4) is 0 Å². The van der Waals surface area contributed by atoms with Crippen LogP contribution >= 0.6 is 0 Å². The largest absolute Gasteiger partial charge is 0.380 e. The summed E-state index contributed by atoms with van der Waals surface area (Å²) < 4.78 is 0. The van der Waals surface area contributed by atoms with Crippen LogP contribution < -0.4 is 0 Å². The third-order valence-electron chi connectivity index (χ3n) is 3.21. The van der Waals surface area contributed by atoms with Gasteiger partial charge in [0.05, 0.1) is 0 Å². The lowest BCUT2D eigenvalue weighted by molar-refractivity contribution is -0.123. The Morgan fingerprint density at radius 1 is 1.28 bits per heavy atom. The molecule has 0 bridgehead atoms. The molecule has 0 saturated heterocycles. The highest BCUT2D eigenvalue weighted by Crippen LogP contribution is 2.30. The molecule has 2 heteroatoms. The highest BCUT2D eigenvalue weighted by Gasteiger charge is 2.23. The summed E-state index contributed by atoms with van der Waals surface area (Å²) in [6.45, 7) is 4.24. The van der Waals surface area contributed by atoms with Gasteiger partial charge in [-0.1, -0.05) is 62.4 Å². The molecule has 0 spiro atoms. The van der Waals surface area contributed by atoms with E-state index >= 15 is 0 Å². The third kappa shape index (κ3) is 2.77. The molecule has 0 aromatic heterocycles. The van der Waals surface area contributed by atoms with Gasteiger partial charge in [-0.05, 0) is 17.4 Å². The fraction of sp³-hybridized carbons (Fsp3) is 0.312. The van der Waals surface area contributed by atoms with E-state index in [9.17, 15) is 9.90 Å². The fourth-order valence-corrected chi connectivity index (χ4v) is 1.95. The van der Waals surface area contributed by atoms with E-state index in [1.807, 2.05) is 36.4 Å². The van der Waals surface area contributed by atoms with E-state index in [1.54, 1.807) is 12.1 Å². The minimum absolute atomic E-state index is 0.0987. The Kier molecular flexibility index (Phi) is 3.48. The summed E-state index contributed by atoms with van der Waals surface area (Å²) in [4.78, 5) is 12.1. The molecule has 2 rings (SSSR count). The number of hydrogen-bond donors (Lipinski definition) is 1. The Bertz CT molecular complexity index is 495. The number of ketones is 1. The van der Waals surface area contributed by atoms with Gasteiger partial charge in [0.2, 0.25) is 0 Å². The molecule has 2 nitrogen and oxygen atoms in total. The number of allylic oxidation sites excluding steroid dienone is 3. The number of carbonyl (C=O) groups excluding carboxylic acids is 1. The molecule has 18 heavy (non-hydrogen) atoms. The van der Waals surface area contributed by atoms with Crippen LogP contribution in [-0.4, -0.2) is 10.9 Å². The molecule has 0 aliphatic heterocycles. The molecule has 1 N–H and O–H groups in total. The van der Waals surface area contributed by atoms with Crippen LogP contribution in [0.4, 0.5) is 0 Å². The lowest BCUT2D eigenvalue weighted by Gasteiger charge is -2.23. The van der Waals surface area contributed by atoms with Gasteiger partial charge >= 0.3 is 0 Å². The number of hydrogen-bond acceptors (Lipinski definition) is 2. The fourth-order valence-electron chi connectivity index (χ4n) is 1.95. The Balaban J connectivity index is 2.14. The summed E-state index contributed by atoms with van der Waals surface area (Å²) in [5.41, 5.74) is 1.34. The van der Waals surface area contributed by atoms with E-state index in [0.29, 0.717) is 11.1 Å². The van der Waals surface area contributed by atoms with E-state index in [4.69, 9.17) is 0 Å². The normalized spacial score (nSPS) is 19.2. The average Bonchev–Trinajstić information content (AvgIpc) is 2.38. The van der Waals surface area contributed by atoms with Gasteiger partial charge in [-0.2, -0.15) is 0 Å². The summed E-state index contributed by atoms with van der Waals surface area (Å²) in [7, 11) is 0. The maximum atomic E-state index is 12.1. The second-order valence-corrected chi connectivity index (χ2v) is 5.36. The van der Waals surface area contributed by atoms with Crippen molar-refractivity contribution in [3.05, 3.63) is 59.7 Å². The third-order valence-corrected chi connectivity index (χ3v) is 3.21. The van der Waals surface area contributed by atoms with Crippen LogP contribution in [0.2, 0.25) is 0 Å². The molecular weight excluding hydrogens is 224 g/mol. The standard InChI is InChI=1S/C16H18O2/c1-16(2)10-8-13(9-11-16)15(18)14(17)12-6-4-3-5-7-12/h3-10,14,17H,11H2,1-2H3. The molecule has 1 aromatic carbocycles. The van der Waals surface area contributed by atoms with E-state index in [2.05, 4.69) is 13.8 Å². The van der Waals surface area contributed by atoms with E-state index in [-0.39, 0.29) is 11.2 Å². The monoisotopic (exact) mass is 242 g/mol. The second-order valence-electron chi connectivity index (χ2n) is 5.36. The molecule has 1 aliphatic rings. The summed E-state index contributed by atoms with van der Waals surface area (Å²) >= 11 is 0. The molecular formula is C16H18O2. The highest BCUT2D eigenvalue weighted by molar-refractivity contribution is 6.01. The van der Waals surface area contributed by atoms with Crippen molar-refractivity contribution in [1.29, 1.82) is 0 Å². The number of benzene rings is 1. The zero-order valence-electron chi connectivity index (χ0n) is 10.8. The SMILES string of the molecule is CC1(C)C=CC(C(=O)C(O)c2ccccc2)=CC1. The van der Waals surface area contributed by atoms with E-state index < -0.39 is 6.10 Å². The minimum atomic E-state index is -1.07. The lowest BCUT2D eigenvalue weighted by atomic mass is 9.82. The van der Waals surface area contributed by atoms with Crippen molar-refractivity contribution in [3.63, 3.8) is 0 Å². The first kappa shape index (κ1) is 12.8. The van der Waals surface area contributed by atoms with E-state index in [0.717, 1.165) is 6.42 Å². The van der Waals surface area contributed by atoms with Crippen molar-refractivity contribution >= 4 is 5.78 Å². The summed E-state index contributed by atoms with van der Waals surface area (Å²) in [6, 6.07) is 9.03. The molecule has 0 saturated carbocycles.